The molecule has 0 fully saturated rings. The maximum atomic E-state index is 14.5. The first-order chi connectivity index (χ1) is 15.8. The van der Waals surface area contributed by atoms with E-state index in [4.69, 9.17) is 0 Å². The summed E-state index contributed by atoms with van der Waals surface area (Å²) in [5, 5.41) is 5.77. The number of pyridine rings is 1. The Balaban J connectivity index is 1.45. The van der Waals surface area contributed by atoms with Crippen LogP contribution in [0.3, 0.4) is 0 Å². The van der Waals surface area contributed by atoms with Gasteiger partial charge in [0.1, 0.15) is 12.0 Å². The van der Waals surface area contributed by atoms with Crippen LogP contribution in [0.4, 0.5) is 30.5 Å². The number of amides is 1. The number of hydrogen-bond acceptors (Lipinski definition) is 6. The number of aromatic nitrogens is 3. The summed E-state index contributed by atoms with van der Waals surface area (Å²) >= 11 is 0. The molecule has 0 spiro atoms. The first-order valence-electron chi connectivity index (χ1n) is 10.1. The third-order valence-corrected chi connectivity index (χ3v) is 4.97. The van der Waals surface area contributed by atoms with Gasteiger partial charge in [0.15, 0.2) is 5.69 Å². The van der Waals surface area contributed by atoms with Crippen molar-refractivity contribution in [1.29, 1.82) is 0 Å². The summed E-state index contributed by atoms with van der Waals surface area (Å²) in [5.41, 5.74) is 1.60. The van der Waals surface area contributed by atoms with E-state index in [0.717, 1.165) is 30.3 Å². The fraction of sp³-hybridized carbons (Fsp3) is 0.227. The quantitative estimate of drug-likeness (QED) is 0.494. The monoisotopic (exact) mass is 457 g/mol. The lowest BCUT2D eigenvalue weighted by Gasteiger charge is -2.17. The lowest BCUT2D eigenvalue weighted by molar-refractivity contribution is -0.447. The van der Waals surface area contributed by atoms with E-state index in [0.29, 0.717) is 17.1 Å². The number of benzene rings is 1. The summed E-state index contributed by atoms with van der Waals surface area (Å²) in [6, 6.07) is 6.17. The number of carbonyl (C=O) groups is 1. The molecule has 0 aliphatic carbocycles. The van der Waals surface area contributed by atoms with Crippen molar-refractivity contribution >= 4 is 29.4 Å². The Labute approximate surface area is 187 Å². The first kappa shape index (κ1) is 22.2. The van der Waals surface area contributed by atoms with Crippen LogP contribution in [0.25, 0.3) is 0 Å². The van der Waals surface area contributed by atoms with Crippen molar-refractivity contribution in [3.8, 4) is 5.88 Å². The first-order valence-corrected chi connectivity index (χ1v) is 10.1. The second-order valence-electron chi connectivity index (χ2n) is 7.20. The van der Waals surface area contributed by atoms with Crippen LogP contribution in [0.5, 0.6) is 5.88 Å². The topological polar surface area (TPSA) is 92.0 Å². The van der Waals surface area contributed by atoms with Crippen molar-refractivity contribution in [2.45, 2.75) is 26.5 Å². The predicted octanol–water partition coefficient (Wildman–Crippen LogP) is 4.13. The smallest absolute Gasteiger partial charge is 0.388 e. The van der Waals surface area contributed by atoms with Crippen molar-refractivity contribution in [3.05, 3.63) is 65.4 Å². The molecular formula is C22H20F3N6O2+. The number of halogens is 3. The molecule has 1 atom stereocenters. The molecule has 1 aliphatic heterocycles. The minimum Gasteiger partial charge on any atom is -0.417 e. The fourth-order valence-electron chi connectivity index (χ4n) is 3.28. The molecule has 11 heteroatoms. The normalized spacial score (nSPS) is 13.0. The van der Waals surface area contributed by atoms with Crippen LogP contribution in [0, 0.1) is 5.82 Å². The molecule has 0 saturated carbocycles. The Hall–Kier alpha value is -4.02. The highest BCUT2D eigenvalue weighted by Crippen LogP contribution is 2.27. The average molecular weight is 457 g/mol. The van der Waals surface area contributed by atoms with Crippen molar-refractivity contribution in [3.63, 3.8) is 0 Å². The lowest BCUT2D eigenvalue weighted by atomic mass is 10.1. The Morgan fingerprint density at radius 3 is 2.70 bits per heavy atom. The number of anilines is 2. The van der Waals surface area contributed by atoms with E-state index in [1.54, 1.807) is 13.1 Å². The molecule has 170 valence electrons. The number of rotatable bonds is 8. The van der Waals surface area contributed by atoms with Crippen molar-refractivity contribution in [2.75, 3.05) is 17.2 Å². The molecular weight excluding hydrogens is 437 g/mol. The van der Waals surface area contributed by atoms with Gasteiger partial charge in [-0.3, -0.25) is 4.79 Å². The summed E-state index contributed by atoms with van der Waals surface area (Å²) in [6.45, 7) is 1.53. The maximum Gasteiger partial charge on any atom is 0.388 e. The Morgan fingerprint density at radius 2 is 2.00 bits per heavy atom. The Kier molecular flexibility index (Phi) is 6.20. The lowest BCUT2D eigenvalue weighted by Crippen LogP contribution is -2.22. The van der Waals surface area contributed by atoms with E-state index in [1.807, 2.05) is 17.7 Å². The fourth-order valence-corrected chi connectivity index (χ4v) is 3.28. The van der Waals surface area contributed by atoms with Gasteiger partial charge in [-0.05, 0) is 43.1 Å². The summed E-state index contributed by atoms with van der Waals surface area (Å²) < 4.78 is 45.1. The molecule has 1 aliphatic rings. The largest absolute Gasteiger partial charge is 0.417 e. The van der Waals surface area contributed by atoms with Crippen molar-refractivity contribution in [1.82, 2.24) is 15.0 Å². The highest BCUT2D eigenvalue weighted by Gasteiger charge is 2.28. The van der Waals surface area contributed by atoms with Crippen LogP contribution in [0.15, 0.2) is 42.7 Å². The van der Waals surface area contributed by atoms with Gasteiger partial charge in [-0.1, -0.05) is 0 Å². The number of hydrogen-bond donors (Lipinski definition) is 2. The second-order valence-corrected chi connectivity index (χ2v) is 7.20. The average Bonchev–Trinajstić information content (AvgIpc) is 2.77. The molecule has 0 radical (unpaired) electrons. The van der Waals surface area contributed by atoms with Gasteiger partial charge in [-0.15, -0.1) is 0 Å². The third kappa shape index (κ3) is 4.92. The van der Waals surface area contributed by atoms with E-state index in [2.05, 4.69) is 30.3 Å². The Morgan fingerprint density at radius 1 is 1.18 bits per heavy atom. The zero-order chi connectivity index (χ0) is 23.5. The number of carbonyl (C=O) groups excluding carboxylic acids is 1. The highest BCUT2D eigenvalue weighted by molar-refractivity contribution is 6.04. The standard InChI is InChI=1S/C22H19F3N6O2/c1-3-31-11-17-20(31)30-18(10-26-17)28-12(2)15-8-14(5-6-16(15)23)29-21(32)13-4-7-19(27-9-13)33-22(24)25/h4-12,22H,3H2,1-2H3,(H,29,32)/p+1. The number of alkyl halides is 2. The summed E-state index contributed by atoms with van der Waals surface area (Å²) in [4.78, 5) is 25.0. The number of fused-ring (bicyclic) bond motifs is 1. The molecule has 2 aromatic heterocycles. The molecule has 3 aromatic rings. The van der Waals surface area contributed by atoms with Gasteiger partial charge in [-0.2, -0.15) is 8.78 Å². The number of ether oxygens (including phenoxy) is 1. The van der Waals surface area contributed by atoms with Gasteiger partial charge in [0.2, 0.25) is 5.88 Å². The summed E-state index contributed by atoms with van der Waals surface area (Å²) in [6.07, 6.45) is 4.59. The van der Waals surface area contributed by atoms with Gasteiger partial charge in [0.25, 0.3) is 11.7 Å². The van der Waals surface area contributed by atoms with E-state index in [-0.39, 0.29) is 11.4 Å². The van der Waals surface area contributed by atoms with E-state index in [1.165, 1.54) is 24.3 Å². The highest BCUT2D eigenvalue weighted by atomic mass is 19.3. The van der Waals surface area contributed by atoms with E-state index >= 15 is 0 Å². The third-order valence-electron chi connectivity index (χ3n) is 4.97. The van der Waals surface area contributed by atoms with Crippen LogP contribution in [-0.2, 0) is 0 Å². The summed E-state index contributed by atoms with van der Waals surface area (Å²) in [7, 11) is 0. The van der Waals surface area contributed by atoms with Crippen LogP contribution in [0.1, 0.15) is 41.5 Å². The van der Waals surface area contributed by atoms with E-state index in [9.17, 15) is 18.0 Å². The molecule has 8 nitrogen and oxygen atoms in total. The molecule has 0 saturated heterocycles. The predicted molar refractivity (Wildman–Crippen MR) is 115 cm³/mol. The molecule has 2 N–H and O–H groups in total. The maximum absolute atomic E-state index is 14.5. The number of nitrogens with one attached hydrogen (secondary N) is 2. The molecule has 1 unspecified atom stereocenters. The second kappa shape index (κ2) is 9.23. The Bertz CT molecular complexity index is 1220. The molecule has 33 heavy (non-hydrogen) atoms. The van der Waals surface area contributed by atoms with Crippen molar-refractivity contribution in [2.24, 2.45) is 0 Å². The number of nitrogens with zero attached hydrogens (tertiary/aromatic N) is 4. The SMILES string of the molecule is CC[N+]1=Cc2ncc(NC(C)c3cc(NC(=O)c4ccc(OC(F)F)nc4)ccc3F)nc21. The molecule has 1 aromatic carbocycles. The molecule has 1 amide bonds. The van der Waals surface area contributed by atoms with Crippen LogP contribution >= 0.6 is 0 Å². The summed E-state index contributed by atoms with van der Waals surface area (Å²) in [5.74, 6) is -0.0324. The van der Waals surface area contributed by atoms with Gasteiger partial charge in [0.05, 0.1) is 24.3 Å². The van der Waals surface area contributed by atoms with Gasteiger partial charge >= 0.3 is 12.4 Å². The zero-order valence-electron chi connectivity index (χ0n) is 17.7. The zero-order valence-corrected chi connectivity index (χ0v) is 17.7. The van der Waals surface area contributed by atoms with Gasteiger partial charge in [-0.25, -0.2) is 18.9 Å². The van der Waals surface area contributed by atoms with Gasteiger partial charge in [0, 0.05) is 23.5 Å². The van der Waals surface area contributed by atoms with Crippen LogP contribution < -0.4 is 15.4 Å². The molecule has 4 rings (SSSR count). The minimum atomic E-state index is -3.01. The van der Waals surface area contributed by atoms with Crippen LogP contribution in [-0.4, -0.2) is 44.8 Å². The molecule has 3 heterocycles. The molecule has 0 bridgehead atoms. The van der Waals surface area contributed by atoms with Crippen molar-refractivity contribution < 1.29 is 27.3 Å². The van der Waals surface area contributed by atoms with Gasteiger partial charge < -0.3 is 15.4 Å². The van der Waals surface area contributed by atoms with E-state index < -0.39 is 24.4 Å². The minimum absolute atomic E-state index is 0.128. The van der Waals surface area contributed by atoms with Crippen LogP contribution in [0.2, 0.25) is 0 Å².